The molecular formula is C20H19N5O2S. The van der Waals surface area contributed by atoms with Crippen LogP contribution in [-0.4, -0.2) is 40.0 Å². The van der Waals surface area contributed by atoms with E-state index in [0.29, 0.717) is 16.9 Å². The lowest BCUT2D eigenvalue weighted by Gasteiger charge is -2.25. The summed E-state index contributed by atoms with van der Waals surface area (Å²) in [4.78, 5) is 35.2. The number of fused-ring (bicyclic) bond motifs is 1. The van der Waals surface area contributed by atoms with Gasteiger partial charge in [-0.05, 0) is 42.2 Å². The van der Waals surface area contributed by atoms with Crippen LogP contribution >= 0.6 is 11.8 Å². The highest BCUT2D eigenvalue weighted by Gasteiger charge is 2.26. The van der Waals surface area contributed by atoms with E-state index in [1.54, 1.807) is 54.4 Å². The maximum absolute atomic E-state index is 12.5. The van der Waals surface area contributed by atoms with Gasteiger partial charge in [0.25, 0.3) is 5.91 Å². The third-order valence-electron chi connectivity index (χ3n) is 4.33. The zero-order valence-corrected chi connectivity index (χ0v) is 15.9. The molecule has 2 aliphatic rings. The predicted molar refractivity (Wildman–Crippen MR) is 111 cm³/mol. The Balaban J connectivity index is 1.37. The first-order valence-corrected chi connectivity index (χ1v) is 9.86. The third kappa shape index (κ3) is 4.23. The lowest BCUT2D eigenvalue weighted by atomic mass is 10.2. The van der Waals surface area contributed by atoms with Crippen LogP contribution in [-0.2, 0) is 4.79 Å². The molecule has 2 amide bonds. The molecule has 2 N–H and O–H groups in total. The number of aliphatic imine (C=N–C) groups is 1. The van der Waals surface area contributed by atoms with Crippen LogP contribution in [0, 0.1) is 0 Å². The summed E-state index contributed by atoms with van der Waals surface area (Å²) in [6.45, 7) is 1.75. The number of anilines is 2. The Morgan fingerprint density at radius 3 is 2.82 bits per heavy atom. The predicted octanol–water partition coefficient (Wildman–Crippen LogP) is 3.31. The van der Waals surface area contributed by atoms with E-state index in [-0.39, 0.29) is 18.2 Å². The largest absolute Gasteiger partial charge is 0.326 e. The molecule has 0 saturated heterocycles. The number of thioether (sulfide) groups is 1. The summed E-state index contributed by atoms with van der Waals surface area (Å²) in [5.74, 6) is -0.351. The number of aromatic nitrogens is 1. The fourth-order valence-corrected chi connectivity index (χ4v) is 3.97. The lowest BCUT2D eigenvalue weighted by Crippen LogP contribution is -2.31. The van der Waals surface area contributed by atoms with Gasteiger partial charge in [-0.3, -0.25) is 19.6 Å². The van der Waals surface area contributed by atoms with Crippen LogP contribution in [0.1, 0.15) is 23.2 Å². The molecule has 0 fully saturated rings. The molecule has 4 rings (SSSR count). The van der Waals surface area contributed by atoms with Crippen molar-refractivity contribution in [1.29, 1.82) is 0 Å². The highest BCUT2D eigenvalue weighted by Crippen LogP contribution is 2.30. The molecule has 1 aromatic carbocycles. The first-order chi connectivity index (χ1) is 13.7. The standard InChI is InChI=1S/C20H19N5O2S/c26-18(11-17-13-28-20-22-8-3-9-25(17)20)23-15-5-1-6-16(10-15)24-19(27)14-4-2-7-21-12-14/h1-2,4-7,10,12-13H,3,8-9,11H2,(H,23,26)(H,24,27). The van der Waals surface area contributed by atoms with Crippen LogP contribution in [0.25, 0.3) is 0 Å². The van der Waals surface area contributed by atoms with Crippen molar-refractivity contribution in [2.24, 2.45) is 4.99 Å². The van der Waals surface area contributed by atoms with E-state index in [9.17, 15) is 9.59 Å². The molecule has 28 heavy (non-hydrogen) atoms. The molecule has 0 radical (unpaired) electrons. The molecule has 1 aromatic heterocycles. The molecule has 7 nitrogen and oxygen atoms in total. The molecule has 3 heterocycles. The summed E-state index contributed by atoms with van der Waals surface area (Å²) in [5, 5.41) is 8.69. The second-order valence-corrected chi connectivity index (χ2v) is 7.23. The average molecular weight is 393 g/mol. The SMILES string of the molecule is O=C(CC1=CSC2=NCCCN12)Nc1cccc(NC(=O)c2cccnc2)c1. The van der Waals surface area contributed by atoms with E-state index in [0.717, 1.165) is 30.4 Å². The number of hydrogen-bond acceptors (Lipinski definition) is 6. The average Bonchev–Trinajstić information content (AvgIpc) is 3.12. The fourth-order valence-electron chi connectivity index (χ4n) is 3.02. The number of carbonyl (C=O) groups excluding carboxylic acids is 2. The van der Waals surface area contributed by atoms with Crippen molar-refractivity contribution in [2.75, 3.05) is 23.7 Å². The maximum Gasteiger partial charge on any atom is 0.257 e. The zero-order chi connectivity index (χ0) is 19.3. The second kappa shape index (κ2) is 8.26. The fraction of sp³-hybridized carbons (Fsp3) is 0.200. The molecule has 8 heteroatoms. The van der Waals surface area contributed by atoms with Crippen molar-refractivity contribution in [1.82, 2.24) is 9.88 Å². The maximum atomic E-state index is 12.5. The quantitative estimate of drug-likeness (QED) is 0.814. The number of amidine groups is 1. The van der Waals surface area contributed by atoms with Crippen LogP contribution in [0.4, 0.5) is 11.4 Å². The zero-order valence-electron chi connectivity index (χ0n) is 15.1. The van der Waals surface area contributed by atoms with Gasteiger partial charge in [0.2, 0.25) is 5.91 Å². The van der Waals surface area contributed by atoms with Gasteiger partial charge < -0.3 is 15.5 Å². The molecule has 2 aromatic rings. The minimum Gasteiger partial charge on any atom is -0.326 e. The highest BCUT2D eigenvalue weighted by atomic mass is 32.2. The van der Waals surface area contributed by atoms with Crippen molar-refractivity contribution < 1.29 is 9.59 Å². The molecule has 142 valence electrons. The van der Waals surface area contributed by atoms with Crippen LogP contribution < -0.4 is 10.6 Å². The number of hydrogen-bond donors (Lipinski definition) is 2. The van der Waals surface area contributed by atoms with Crippen molar-refractivity contribution in [3.05, 3.63) is 65.5 Å². The summed E-state index contributed by atoms with van der Waals surface area (Å²) < 4.78 is 0. The number of amides is 2. The number of nitrogens with zero attached hydrogens (tertiary/aromatic N) is 3. The van der Waals surface area contributed by atoms with Gasteiger partial charge in [-0.1, -0.05) is 17.8 Å². The molecule has 0 aliphatic carbocycles. The number of carbonyl (C=O) groups is 2. The highest BCUT2D eigenvalue weighted by molar-refractivity contribution is 8.16. The van der Waals surface area contributed by atoms with Crippen molar-refractivity contribution in [2.45, 2.75) is 12.8 Å². The van der Waals surface area contributed by atoms with Crippen LogP contribution in [0.5, 0.6) is 0 Å². The first-order valence-electron chi connectivity index (χ1n) is 8.98. The van der Waals surface area contributed by atoms with Gasteiger partial charge in [0.15, 0.2) is 5.17 Å². The van der Waals surface area contributed by atoms with Gasteiger partial charge in [-0.25, -0.2) is 0 Å². The van der Waals surface area contributed by atoms with Gasteiger partial charge in [0.1, 0.15) is 0 Å². The number of rotatable bonds is 5. The Bertz CT molecular complexity index is 958. The van der Waals surface area contributed by atoms with E-state index in [4.69, 9.17) is 0 Å². The molecule has 0 unspecified atom stereocenters. The Morgan fingerprint density at radius 2 is 2.00 bits per heavy atom. The topological polar surface area (TPSA) is 86.7 Å². The molecule has 0 saturated carbocycles. The molecule has 0 atom stereocenters. The first kappa shape index (κ1) is 18.2. The van der Waals surface area contributed by atoms with Crippen molar-refractivity contribution in [3.8, 4) is 0 Å². The monoisotopic (exact) mass is 393 g/mol. The summed E-state index contributed by atoms with van der Waals surface area (Å²) in [6, 6.07) is 10.5. The summed E-state index contributed by atoms with van der Waals surface area (Å²) in [5.41, 5.74) is 2.68. The molecule has 2 aliphatic heterocycles. The van der Waals surface area contributed by atoms with E-state index in [1.165, 1.54) is 6.20 Å². The van der Waals surface area contributed by atoms with Crippen molar-refractivity contribution >= 4 is 40.1 Å². The summed E-state index contributed by atoms with van der Waals surface area (Å²) in [6.07, 6.45) is 4.41. The third-order valence-corrected chi connectivity index (χ3v) is 5.28. The van der Waals surface area contributed by atoms with E-state index in [1.807, 2.05) is 5.41 Å². The Labute approximate surface area is 166 Å². The molecule has 0 bridgehead atoms. The molecule has 0 spiro atoms. The van der Waals surface area contributed by atoms with E-state index < -0.39 is 0 Å². The lowest BCUT2D eigenvalue weighted by molar-refractivity contribution is -0.115. The minimum absolute atomic E-state index is 0.102. The van der Waals surface area contributed by atoms with Crippen LogP contribution in [0.15, 0.2) is 64.9 Å². The van der Waals surface area contributed by atoms with Gasteiger partial charge in [-0.2, -0.15) is 0 Å². The smallest absolute Gasteiger partial charge is 0.257 e. The van der Waals surface area contributed by atoms with Gasteiger partial charge in [0.05, 0.1) is 12.0 Å². The number of benzene rings is 1. The Morgan fingerprint density at radius 1 is 1.14 bits per heavy atom. The van der Waals surface area contributed by atoms with Crippen molar-refractivity contribution in [3.63, 3.8) is 0 Å². The van der Waals surface area contributed by atoms with Crippen LogP contribution in [0.3, 0.4) is 0 Å². The number of pyridine rings is 1. The second-order valence-electron chi connectivity index (χ2n) is 6.40. The Hall–Kier alpha value is -3.13. The summed E-state index contributed by atoms with van der Waals surface area (Å²) >= 11 is 1.57. The van der Waals surface area contributed by atoms with Crippen LogP contribution in [0.2, 0.25) is 0 Å². The van der Waals surface area contributed by atoms with Gasteiger partial charge >= 0.3 is 0 Å². The summed E-state index contributed by atoms with van der Waals surface area (Å²) in [7, 11) is 0. The van der Waals surface area contributed by atoms with E-state index >= 15 is 0 Å². The minimum atomic E-state index is -0.248. The molecular weight excluding hydrogens is 374 g/mol. The van der Waals surface area contributed by atoms with Gasteiger partial charge in [0, 0.05) is 42.6 Å². The van der Waals surface area contributed by atoms with Gasteiger partial charge in [-0.15, -0.1) is 0 Å². The normalized spacial score (nSPS) is 15.4. The van der Waals surface area contributed by atoms with E-state index in [2.05, 4.69) is 25.5 Å². The number of nitrogens with one attached hydrogen (secondary N) is 2. The Kier molecular flexibility index (Phi) is 5.38.